The largest absolute Gasteiger partial charge is 0.508 e. The molecule has 2 aromatic carbocycles. The van der Waals surface area contributed by atoms with Crippen molar-refractivity contribution < 1.29 is 13.5 Å². The molecular weight excluding hydrogens is 276 g/mol. The van der Waals surface area contributed by atoms with Gasteiger partial charge in [0.1, 0.15) is 5.75 Å². The summed E-state index contributed by atoms with van der Waals surface area (Å²) in [5.74, 6) is 0.209. The van der Waals surface area contributed by atoms with Crippen molar-refractivity contribution in [1.29, 1.82) is 0 Å². The standard InChI is InChI=1S/C14H16N2O3S/c1-10(11-3-2-4-13(17)9-11)16-12-5-7-14(8-6-12)20(15,18)19/h2-10,16-17H,1H3,(H2,15,18,19). The molecular formula is C14H16N2O3S. The lowest BCUT2D eigenvalue weighted by Gasteiger charge is -2.16. The maximum Gasteiger partial charge on any atom is 0.238 e. The fraction of sp³-hybridized carbons (Fsp3) is 0.143. The minimum atomic E-state index is -3.67. The summed E-state index contributed by atoms with van der Waals surface area (Å²) in [6, 6.07) is 13.1. The molecule has 0 saturated carbocycles. The van der Waals surface area contributed by atoms with Crippen LogP contribution in [-0.2, 0) is 10.0 Å². The molecule has 2 aromatic rings. The zero-order valence-corrected chi connectivity index (χ0v) is 11.8. The van der Waals surface area contributed by atoms with Crippen molar-refractivity contribution in [3.05, 3.63) is 54.1 Å². The van der Waals surface area contributed by atoms with Crippen molar-refractivity contribution >= 4 is 15.7 Å². The van der Waals surface area contributed by atoms with Gasteiger partial charge in [0.15, 0.2) is 0 Å². The molecule has 0 fully saturated rings. The average Bonchev–Trinajstić information content (AvgIpc) is 2.38. The van der Waals surface area contributed by atoms with Crippen molar-refractivity contribution in [2.75, 3.05) is 5.32 Å². The maximum atomic E-state index is 11.2. The molecule has 0 radical (unpaired) electrons. The first kappa shape index (κ1) is 14.4. The van der Waals surface area contributed by atoms with Crippen LogP contribution in [0.3, 0.4) is 0 Å². The summed E-state index contributed by atoms with van der Waals surface area (Å²) >= 11 is 0. The van der Waals surface area contributed by atoms with E-state index in [0.717, 1.165) is 11.3 Å². The summed E-state index contributed by atoms with van der Waals surface area (Å²) in [4.78, 5) is 0.0769. The lowest BCUT2D eigenvalue weighted by molar-refractivity contribution is 0.474. The summed E-state index contributed by atoms with van der Waals surface area (Å²) in [5.41, 5.74) is 1.70. The molecule has 0 saturated heterocycles. The number of primary sulfonamides is 1. The predicted molar refractivity (Wildman–Crippen MR) is 78.0 cm³/mol. The molecule has 2 rings (SSSR count). The molecule has 1 unspecified atom stereocenters. The fourth-order valence-corrected chi connectivity index (χ4v) is 2.38. The second-order valence-electron chi connectivity index (χ2n) is 4.53. The highest BCUT2D eigenvalue weighted by atomic mass is 32.2. The number of rotatable bonds is 4. The average molecular weight is 292 g/mol. The van der Waals surface area contributed by atoms with E-state index in [4.69, 9.17) is 5.14 Å². The van der Waals surface area contributed by atoms with Gasteiger partial charge in [-0.1, -0.05) is 12.1 Å². The number of phenols is 1. The smallest absolute Gasteiger partial charge is 0.238 e. The zero-order chi connectivity index (χ0) is 14.8. The third kappa shape index (κ3) is 3.49. The molecule has 106 valence electrons. The first-order valence-corrected chi connectivity index (χ1v) is 7.59. The second-order valence-corrected chi connectivity index (χ2v) is 6.09. The van der Waals surface area contributed by atoms with Gasteiger partial charge in [-0.05, 0) is 48.9 Å². The molecule has 4 N–H and O–H groups in total. The first-order valence-electron chi connectivity index (χ1n) is 6.04. The Balaban J connectivity index is 2.14. The van der Waals surface area contributed by atoms with Gasteiger partial charge < -0.3 is 10.4 Å². The fourth-order valence-electron chi connectivity index (χ4n) is 1.87. The zero-order valence-electron chi connectivity index (χ0n) is 10.9. The van der Waals surface area contributed by atoms with E-state index in [0.29, 0.717) is 0 Å². The third-order valence-corrected chi connectivity index (χ3v) is 3.87. The minimum Gasteiger partial charge on any atom is -0.508 e. The Hall–Kier alpha value is -2.05. The molecule has 0 aliphatic heterocycles. The number of nitrogens with two attached hydrogens (primary N) is 1. The van der Waals surface area contributed by atoms with E-state index in [9.17, 15) is 13.5 Å². The maximum absolute atomic E-state index is 11.2. The van der Waals surface area contributed by atoms with Gasteiger partial charge in [0, 0.05) is 11.7 Å². The molecule has 6 heteroatoms. The Morgan fingerprint density at radius 3 is 2.35 bits per heavy atom. The van der Waals surface area contributed by atoms with E-state index in [-0.39, 0.29) is 16.7 Å². The van der Waals surface area contributed by atoms with Gasteiger partial charge in [-0.3, -0.25) is 0 Å². The molecule has 0 aromatic heterocycles. The van der Waals surface area contributed by atoms with E-state index in [2.05, 4.69) is 5.32 Å². The molecule has 1 atom stereocenters. The number of anilines is 1. The summed E-state index contributed by atoms with van der Waals surface area (Å²) in [6.45, 7) is 1.95. The number of hydrogen-bond donors (Lipinski definition) is 3. The first-order chi connectivity index (χ1) is 9.36. The SMILES string of the molecule is CC(Nc1ccc(S(N)(=O)=O)cc1)c1cccc(O)c1. The number of hydrogen-bond acceptors (Lipinski definition) is 4. The van der Waals surface area contributed by atoms with E-state index in [1.165, 1.54) is 12.1 Å². The monoisotopic (exact) mass is 292 g/mol. The Kier molecular flexibility index (Phi) is 3.96. The summed E-state index contributed by atoms with van der Waals surface area (Å²) in [6.07, 6.45) is 0. The lowest BCUT2D eigenvalue weighted by atomic mass is 10.1. The van der Waals surface area contributed by atoms with E-state index in [1.54, 1.807) is 30.3 Å². The molecule has 0 aliphatic carbocycles. The van der Waals surface area contributed by atoms with Crippen LogP contribution in [0.25, 0.3) is 0 Å². The van der Waals surface area contributed by atoms with Crippen LogP contribution in [0.2, 0.25) is 0 Å². The second kappa shape index (κ2) is 5.52. The van der Waals surface area contributed by atoms with E-state index >= 15 is 0 Å². The van der Waals surface area contributed by atoms with Gasteiger partial charge in [-0.2, -0.15) is 0 Å². The number of phenolic OH excluding ortho intramolecular Hbond substituents is 1. The van der Waals surface area contributed by atoms with Gasteiger partial charge in [-0.15, -0.1) is 0 Å². The van der Waals surface area contributed by atoms with Crippen LogP contribution >= 0.6 is 0 Å². The lowest BCUT2D eigenvalue weighted by Crippen LogP contribution is -2.12. The van der Waals surface area contributed by atoms with Crippen molar-refractivity contribution in [3.63, 3.8) is 0 Å². The third-order valence-electron chi connectivity index (χ3n) is 2.94. The molecule has 0 aliphatic rings. The number of sulfonamides is 1. The van der Waals surface area contributed by atoms with Gasteiger partial charge in [0.05, 0.1) is 4.90 Å². The van der Waals surface area contributed by atoms with Gasteiger partial charge >= 0.3 is 0 Å². The molecule has 0 heterocycles. The highest BCUT2D eigenvalue weighted by Crippen LogP contribution is 2.22. The Bertz CT molecular complexity index is 697. The molecule has 0 bridgehead atoms. The molecule has 5 nitrogen and oxygen atoms in total. The van der Waals surface area contributed by atoms with Crippen molar-refractivity contribution in [2.24, 2.45) is 5.14 Å². The summed E-state index contributed by atoms with van der Waals surface area (Å²) < 4.78 is 22.3. The van der Waals surface area contributed by atoms with Crippen LogP contribution in [-0.4, -0.2) is 13.5 Å². The molecule has 0 spiro atoms. The van der Waals surface area contributed by atoms with Crippen LogP contribution in [0.4, 0.5) is 5.69 Å². The van der Waals surface area contributed by atoms with Crippen molar-refractivity contribution in [2.45, 2.75) is 17.9 Å². The number of nitrogens with one attached hydrogen (secondary N) is 1. The van der Waals surface area contributed by atoms with Gasteiger partial charge in [0.2, 0.25) is 10.0 Å². The minimum absolute atomic E-state index is 0.0255. The van der Waals surface area contributed by atoms with E-state index in [1.807, 2.05) is 13.0 Å². The van der Waals surface area contributed by atoms with Crippen LogP contribution in [0.15, 0.2) is 53.4 Å². The van der Waals surface area contributed by atoms with Crippen LogP contribution in [0.5, 0.6) is 5.75 Å². The van der Waals surface area contributed by atoms with Crippen molar-refractivity contribution in [3.8, 4) is 5.75 Å². The van der Waals surface area contributed by atoms with Crippen LogP contribution in [0.1, 0.15) is 18.5 Å². The summed E-state index contributed by atoms with van der Waals surface area (Å²) in [5, 5.41) is 17.7. The van der Waals surface area contributed by atoms with Crippen LogP contribution in [0, 0.1) is 0 Å². The van der Waals surface area contributed by atoms with Gasteiger partial charge in [0.25, 0.3) is 0 Å². The van der Waals surface area contributed by atoms with E-state index < -0.39 is 10.0 Å². The topological polar surface area (TPSA) is 92.4 Å². The Labute approximate surface area is 118 Å². The van der Waals surface area contributed by atoms with Gasteiger partial charge in [-0.25, -0.2) is 13.6 Å². The Morgan fingerprint density at radius 1 is 1.15 bits per heavy atom. The highest BCUT2D eigenvalue weighted by molar-refractivity contribution is 7.89. The number of aromatic hydroxyl groups is 1. The van der Waals surface area contributed by atoms with Crippen LogP contribution < -0.4 is 10.5 Å². The Morgan fingerprint density at radius 2 is 1.80 bits per heavy atom. The molecule has 0 amide bonds. The normalized spacial score (nSPS) is 12.9. The summed E-state index contributed by atoms with van der Waals surface area (Å²) in [7, 11) is -3.67. The molecule has 20 heavy (non-hydrogen) atoms. The highest BCUT2D eigenvalue weighted by Gasteiger charge is 2.09. The number of benzene rings is 2. The quantitative estimate of drug-likeness (QED) is 0.805. The predicted octanol–water partition coefficient (Wildman–Crippen LogP) is 2.21. The van der Waals surface area contributed by atoms with Crippen molar-refractivity contribution in [1.82, 2.24) is 0 Å².